The molecule has 2 aliphatic rings. The van der Waals surface area contributed by atoms with Gasteiger partial charge in [-0.25, -0.2) is 9.18 Å². The van der Waals surface area contributed by atoms with E-state index in [1.165, 1.54) is 12.1 Å². The molecule has 5 nitrogen and oxygen atoms in total. The van der Waals surface area contributed by atoms with Crippen molar-refractivity contribution in [2.24, 2.45) is 0 Å². The maximum atomic E-state index is 13.0. The Morgan fingerprint density at radius 1 is 1.35 bits per heavy atom. The highest BCUT2D eigenvalue weighted by Crippen LogP contribution is 2.37. The normalized spacial score (nSPS) is 28.4. The van der Waals surface area contributed by atoms with E-state index in [2.05, 4.69) is 5.32 Å². The van der Waals surface area contributed by atoms with Crippen LogP contribution >= 0.6 is 0 Å². The molecule has 1 aromatic rings. The van der Waals surface area contributed by atoms with Crippen LogP contribution in [0.25, 0.3) is 0 Å². The van der Waals surface area contributed by atoms with Gasteiger partial charge in [-0.3, -0.25) is 0 Å². The molecule has 2 aliphatic heterocycles. The summed E-state index contributed by atoms with van der Waals surface area (Å²) in [5, 5.41) is 12.5. The van der Waals surface area contributed by atoms with Gasteiger partial charge in [0.25, 0.3) is 0 Å². The van der Waals surface area contributed by atoms with E-state index in [0.717, 1.165) is 31.4 Å². The fourth-order valence-electron chi connectivity index (χ4n) is 3.49. The summed E-state index contributed by atoms with van der Waals surface area (Å²) in [5.74, 6) is -0.353. The number of nitrogens with two attached hydrogens (primary N) is 1. The highest BCUT2D eigenvalue weighted by Gasteiger charge is 2.43. The number of carboxylic acid groups (broad SMARTS) is 1. The van der Waals surface area contributed by atoms with Gasteiger partial charge < -0.3 is 21.1 Å². The molecule has 3 atom stereocenters. The Morgan fingerprint density at radius 2 is 2.00 bits per heavy atom. The molecular formula is C14H18FN3O2. The van der Waals surface area contributed by atoms with Gasteiger partial charge in [-0.15, -0.1) is 0 Å². The predicted octanol–water partition coefficient (Wildman–Crippen LogP) is 2.49. The van der Waals surface area contributed by atoms with Crippen LogP contribution in [0.3, 0.4) is 0 Å². The van der Waals surface area contributed by atoms with Gasteiger partial charge in [0, 0.05) is 18.1 Å². The molecule has 2 fully saturated rings. The zero-order valence-corrected chi connectivity index (χ0v) is 11.1. The summed E-state index contributed by atoms with van der Waals surface area (Å²) in [6.07, 6.45) is 2.58. The average molecular weight is 279 g/mol. The third-order valence-electron chi connectivity index (χ3n) is 4.33. The second-order valence-corrected chi connectivity index (χ2v) is 5.62. The Kier molecular flexibility index (Phi) is 3.16. The van der Waals surface area contributed by atoms with Gasteiger partial charge in [-0.2, -0.15) is 0 Å². The molecule has 6 heteroatoms. The minimum absolute atomic E-state index is 0.0884. The Hall–Kier alpha value is -1.98. The molecule has 4 N–H and O–H groups in total. The lowest BCUT2D eigenvalue weighted by Crippen LogP contribution is -2.49. The van der Waals surface area contributed by atoms with Gasteiger partial charge >= 0.3 is 6.09 Å². The number of nitrogens with one attached hydrogen (secondary N) is 1. The molecule has 2 bridgehead atoms. The molecule has 2 saturated heterocycles. The van der Waals surface area contributed by atoms with E-state index in [1.54, 1.807) is 11.0 Å². The van der Waals surface area contributed by atoms with E-state index in [0.29, 0.717) is 5.69 Å². The third-order valence-corrected chi connectivity index (χ3v) is 4.33. The molecule has 0 aliphatic carbocycles. The smallest absolute Gasteiger partial charge is 0.407 e. The van der Waals surface area contributed by atoms with Crippen molar-refractivity contribution >= 4 is 17.5 Å². The maximum Gasteiger partial charge on any atom is 0.407 e. The first-order valence-electron chi connectivity index (χ1n) is 6.87. The lowest BCUT2D eigenvalue weighted by Gasteiger charge is -2.37. The molecule has 3 rings (SSSR count). The number of rotatable bonds is 2. The van der Waals surface area contributed by atoms with Crippen molar-refractivity contribution < 1.29 is 14.3 Å². The van der Waals surface area contributed by atoms with Crippen LogP contribution in [-0.2, 0) is 0 Å². The topological polar surface area (TPSA) is 78.6 Å². The number of halogens is 1. The summed E-state index contributed by atoms with van der Waals surface area (Å²) >= 11 is 0. The maximum absolute atomic E-state index is 13.0. The van der Waals surface area contributed by atoms with Crippen LogP contribution in [0.2, 0.25) is 0 Å². The number of fused-ring (bicyclic) bond motifs is 2. The van der Waals surface area contributed by atoms with Crippen molar-refractivity contribution in [1.82, 2.24) is 4.90 Å². The van der Waals surface area contributed by atoms with Gasteiger partial charge in [0.15, 0.2) is 0 Å². The SMILES string of the molecule is Nc1cc(F)ccc1NC1C[C@H]2CC[C@@H](C1)N2C(=O)O. The van der Waals surface area contributed by atoms with E-state index in [-0.39, 0.29) is 23.9 Å². The van der Waals surface area contributed by atoms with Crippen LogP contribution in [-0.4, -0.2) is 34.2 Å². The van der Waals surface area contributed by atoms with Crippen LogP contribution in [0.15, 0.2) is 18.2 Å². The van der Waals surface area contributed by atoms with Crippen LogP contribution < -0.4 is 11.1 Å². The van der Waals surface area contributed by atoms with Crippen molar-refractivity contribution in [2.75, 3.05) is 11.1 Å². The summed E-state index contributed by atoms with van der Waals surface area (Å²) < 4.78 is 13.0. The van der Waals surface area contributed by atoms with Crippen LogP contribution in [0.5, 0.6) is 0 Å². The Morgan fingerprint density at radius 3 is 2.55 bits per heavy atom. The average Bonchev–Trinajstić information content (AvgIpc) is 2.65. The van der Waals surface area contributed by atoms with E-state index in [1.807, 2.05) is 0 Å². The summed E-state index contributed by atoms with van der Waals surface area (Å²) in [5.41, 5.74) is 6.90. The molecule has 0 aromatic heterocycles. The van der Waals surface area contributed by atoms with Crippen LogP contribution in [0.1, 0.15) is 25.7 Å². The predicted molar refractivity (Wildman–Crippen MR) is 74.1 cm³/mol. The van der Waals surface area contributed by atoms with E-state index < -0.39 is 6.09 Å². The summed E-state index contributed by atoms with van der Waals surface area (Å²) in [6, 6.07) is 4.67. The molecule has 1 unspecified atom stereocenters. The first-order chi connectivity index (χ1) is 9.54. The lowest BCUT2D eigenvalue weighted by molar-refractivity contribution is 0.0994. The lowest BCUT2D eigenvalue weighted by atomic mass is 9.97. The minimum Gasteiger partial charge on any atom is -0.465 e. The number of amides is 1. The number of anilines is 2. The number of carbonyl (C=O) groups is 1. The largest absolute Gasteiger partial charge is 0.465 e. The van der Waals surface area contributed by atoms with Gasteiger partial charge in [0.05, 0.1) is 11.4 Å². The fourth-order valence-corrected chi connectivity index (χ4v) is 3.49. The summed E-state index contributed by atoms with van der Waals surface area (Å²) in [4.78, 5) is 12.8. The zero-order valence-electron chi connectivity index (χ0n) is 11.1. The van der Waals surface area contributed by atoms with Gasteiger partial charge in [-0.1, -0.05) is 0 Å². The molecule has 2 heterocycles. The van der Waals surface area contributed by atoms with E-state index in [9.17, 15) is 14.3 Å². The molecule has 1 amide bonds. The molecule has 0 radical (unpaired) electrons. The number of piperidine rings is 1. The minimum atomic E-state index is -0.822. The Labute approximate surface area is 116 Å². The van der Waals surface area contributed by atoms with Gasteiger partial charge in [0.1, 0.15) is 5.82 Å². The number of benzene rings is 1. The third kappa shape index (κ3) is 2.26. The quantitative estimate of drug-likeness (QED) is 0.727. The zero-order chi connectivity index (χ0) is 14.3. The second kappa shape index (κ2) is 4.85. The standard InChI is InChI=1S/C14H18FN3O2/c15-8-1-4-13(12(16)5-8)17-9-6-10-2-3-11(7-9)18(10)14(19)20/h1,4-5,9-11,17H,2-3,6-7,16H2,(H,19,20)/t9?,10-,11+. The first-order valence-corrected chi connectivity index (χ1v) is 6.87. The van der Waals surface area contributed by atoms with Crippen LogP contribution in [0, 0.1) is 5.82 Å². The summed E-state index contributed by atoms with van der Waals surface area (Å²) in [6.45, 7) is 0. The Bertz CT molecular complexity index is 523. The highest BCUT2D eigenvalue weighted by atomic mass is 19.1. The van der Waals surface area contributed by atoms with E-state index in [4.69, 9.17) is 5.73 Å². The summed E-state index contributed by atoms with van der Waals surface area (Å²) in [7, 11) is 0. The number of nitrogens with zero attached hydrogens (tertiary/aromatic N) is 1. The monoisotopic (exact) mass is 279 g/mol. The number of nitrogen functional groups attached to an aromatic ring is 1. The molecular weight excluding hydrogens is 261 g/mol. The Balaban J connectivity index is 1.70. The number of hydrogen-bond donors (Lipinski definition) is 3. The van der Waals surface area contributed by atoms with Crippen LogP contribution in [0.4, 0.5) is 20.6 Å². The van der Waals surface area contributed by atoms with Crippen molar-refractivity contribution in [1.29, 1.82) is 0 Å². The number of hydrogen-bond acceptors (Lipinski definition) is 3. The molecule has 108 valence electrons. The molecule has 0 spiro atoms. The second-order valence-electron chi connectivity index (χ2n) is 5.62. The van der Waals surface area contributed by atoms with Gasteiger partial charge in [0.2, 0.25) is 0 Å². The van der Waals surface area contributed by atoms with E-state index >= 15 is 0 Å². The van der Waals surface area contributed by atoms with Crippen molar-refractivity contribution in [3.63, 3.8) is 0 Å². The molecule has 0 saturated carbocycles. The molecule has 20 heavy (non-hydrogen) atoms. The van der Waals surface area contributed by atoms with Gasteiger partial charge in [-0.05, 0) is 43.9 Å². The van der Waals surface area contributed by atoms with Crippen molar-refractivity contribution in [2.45, 2.75) is 43.8 Å². The van der Waals surface area contributed by atoms with Crippen molar-refractivity contribution in [3.8, 4) is 0 Å². The fraction of sp³-hybridized carbons (Fsp3) is 0.500. The first kappa shape index (κ1) is 13.0. The molecule has 1 aromatic carbocycles. The van der Waals surface area contributed by atoms with Crippen molar-refractivity contribution in [3.05, 3.63) is 24.0 Å². The highest BCUT2D eigenvalue weighted by molar-refractivity contribution is 5.68.